The Labute approximate surface area is 116 Å². The Hall–Kier alpha value is -2.04. The summed E-state index contributed by atoms with van der Waals surface area (Å²) >= 11 is 0. The Morgan fingerprint density at radius 3 is 2.80 bits per heavy atom. The van der Waals surface area contributed by atoms with Gasteiger partial charge in [-0.2, -0.15) is 0 Å². The van der Waals surface area contributed by atoms with E-state index in [1.807, 2.05) is 0 Å². The molecule has 106 valence electrons. The van der Waals surface area contributed by atoms with Crippen LogP contribution in [0.15, 0.2) is 23.0 Å². The first-order valence-electron chi connectivity index (χ1n) is 7.00. The molecule has 0 unspecified atom stereocenters. The third-order valence-corrected chi connectivity index (χ3v) is 4.25. The second-order valence-corrected chi connectivity index (χ2v) is 5.80. The number of carboxylic acid groups (broad SMARTS) is 1. The molecule has 0 radical (unpaired) electrons. The average molecular weight is 274 g/mol. The predicted octanol–water partition coefficient (Wildman–Crippen LogP) is 2.61. The number of hydrogen-bond acceptors (Lipinski definition) is 2. The SMILES string of the molecule is CCCC1(Cn2c(=O)[nH]c3cc(C(=O)O)ccc32)CC1. The fourth-order valence-electron chi connectivity index (χ4n) is 2.98. The second kappa shape index (κ2) is 4.51. The molecule has 1 aromatic carbocycles. The maximum Gasteiger partial charge on any atom is 0.335 e. The normalized spacial score (nSPS) is 16.4. The van der Waals surface area contributed by atoms with E-state index in [-0.39, 0.29) is 16.7 Å². The molecule has 2 N–H and O–H groups in total. The molecule has 0 spiro atoms. The number of aromatic nitrogens is 2. The van der Waals surface area contributed by atoms with Gasteiger partial charge in [0.1, 0.15) is 0 Å². The maximum atomic E-state index is 12.1. The van der Waals surface area contributed by atoms with Crippen molar-refractivity contribution in [2.24, 2.45) is 5.41 Å². The van der Waals surface area contributed by atoms with Gasteiger partial charge in [0.15, 0.2) is 0 Å². The Bertz CT molecular complexity index is 722. The van der Waals surface area contributed by atoms with Gasteiger partial charge < -0.3 is 10.1 Å². The number of nitrogens with one attached hydrogen (secondary N) is 1. The molecule has 0 aliphatic heterocycles. The van der Waals surface area contributed by atoms with Gasteiger partial charge in [0.05, 0.1) is 16.6 Å². The summed E-state index contributed by atoms with van der Waals surface area (Å²) in [5.41, 5.74) is 1.72. The van der Waals surface area contributed by atoms with E-state index < -0.39 is 5.97 Å². The van der Waals surface area contributed by atoms with Crippen molar-refractivity contribution < 1.29 is 9.90 Å². The van der Waals surface area contributed by atoms with Crippen LogP contribution >= 0.6 is 0 Å². The summed E-state index contributed by atoms with van der Waals surface area (Å²) in [5.74, 6) is -0.981. The number of aromatic carboxylic acids is 1. The summed E-state index contributed by atoms with van der Waals surface area (Å²) < 4.78 is 1.75. The summed E-state index contributed by atoms with van der Waals surface area (Å²) in [5, 5.41) is 8.99. The number of H-pyrrole nitrogens is 1. The summed E-state index contributed by atoms with van der Waals surface area (Å²) in [7, 11) is 0. The lowest BCUT2D eigenvalue weighted by atomic mass is 10.0. The van der Waals surface area contributed by atoms with E-state index >= 15 is 0 Å². The molecule has 1 aliphatic rings. The van der Waals surface area contributed by atoms with E-state index in [4.69, 9.17) is 5.11 Å². The monoisotopic (exact) mass is 274 g/mol. The van der Waals surface area contributed by atoms with Gasteiger partial charge in [-0.25, -0.2) is 9.59 Å². The summed E-state index contributed by atoms with van der Waals surface area (Å²) in [6, 6.07) is 4.79. The minimum Gasteiger partial charge on any atom is -0.478 e. The smallest absolute Gasteiger partial charge is 0.335 e. The van der Waals surface area contributed by atoms with Crippen LogP contribution in [0.3, 0.4) is 0 Å². The number of imidazole rings is 1. The molecule has 1 saturated carbocycles. The molecule has 0 bridgehead atoms. The molecule has 5 heteroatoms. The van der Waals surface area contributed by atoms with Crippen LogP contribution in [-0.4, -0.2) is 20.6 Å². The number of carbonyl (C=O) groups is 1. The number of benzene rings is 1. The first kappa shape index (κ1) is 13.0. The number of nitrogens with zero attached hydrogens (tertiary/aromatic N) is 1. The zero-order valence-electron chi connectivity index (χ0n) is 11.5. The highest BCUT2D eigenvalue weighted by molar-refractivity contribution is 5.92. The van der Waals surface area contributed by atoms with E-state index in [1.165, 1.54) is 18.9 Å². The standard InChI is InChI=1S/C15H18N2O3/c1-2-5-15(6-7-15)9-17-12-4-3-10(13(18)19)8-11(12)16-14(17)20/h3-4,8H,2,5-7,9H2,1H3,(H,16,20)(H,18,19). The van der Waals surface area contributed by atoms with E-state index in [2.05, 4.69) is 11.9 Å². The van der Waals surface area contributed by atoms with Crippen molar-refractivity contribution in [3.63, 3.8) is 0 Å². The predicted molar refractivity (Wildman–Crippen MR) is 76.1 cm³/mol. The molecule has 2 aromatic rings. The Kier molecular flexibility index (Phi) is 2.92. The van der Waals surface area contributed by atoms with Crippen LogP contribution in [0.25, 0.3) is 11.0 Å². The molecule has 1 fully saturated rings. The van der Waals surface area contributed by atoms with Gasteiger partial charge in [0.25, 0.3) is 0 Å². The van der Waals surface area contributed by atoms with Crippen molar-refractivity contribution in [1.82, 2.24) is 9.55 Å². The first-order valence-corrected chi connectivity index (χ1v) is 7.00. The van der Waals surface area contributed by atoms with Crippen molar-refractivity contribution in [3.8, 4) is 0 Å². The van der Waals surface area contributed by atoms with Crippen LogP contribution in [0.5, 0.6) is 0 Å². The number of fused-ring (bicyclic) bond motifs is 1. The van der Waals surface area contributed by atoms with Crippen LogP contribution in [-0.2, 0) is 6.54 Å². The molecule has 0 amide bonds. The van der Waals surface area contributed by atoms with Gasteiger partial charge in [0.2, 0.25) is 0 Å². The fourth-order valence-corrected chi connectivity index (χ4v) is 2.98. The zero-order valence-corrected chi connectivity index (χ0v) is 11.5. The molecule has 1 aromatic heterocycles. The summed E-state index contributed by atoms with van der Waals surface area (Å²) in [6.45, 7) is 2.89. The molecule has 0 saturated heterocycles. The maximum absolute atomic E-state index is 12.1. The van der Waals surface area contributed by atoms with Gasteiger partial charge in [-0.1, -0.05) is 13.3 Å². The van der Waals surface area contributed by atoms with Crippen LogP contribution in [0, 0.1) is 5.41 Å². The Morgan fingerprint density at radius 2 is 2.20 bits per heavy atom. The molecule has 0 atom stereocenters. The fraction of sp³-hybridized carbons (Fsp3) is 0.467. The van der Waals surface area contributed by atoms with E-state index in [0.29, 0.717) is 5.52 Å². The van der Waals surface area contributed by atoms with Crippen molar-refractivity contribution in [3.05, 3.63) is 34.2 Å². The van der Waals surface area contributed by atoms with Crippen LogP contribution in [0.1, 0.15) is 43.0 Å². The van der Waals surface area contributed by atoms with Gasteiger partial charge >= 0.3 is 11.7 Å². The first-order chi connectivity index (χ1) is 9.54. The third-order valence-electron chi connectivity index (χ3n) is 4.25. The highest BCUT2D eigenvalue weighted by Crippen LogP contribution is 2.51. The molecular formula is C15H18N2O3. The third kappa shape index (κ3) is 2.13. The second-order valence-electron chi connectivity index (χ2n) is 5.80. The Morgan fingerprint density at radius 1 is 1.45 bits per heavy atom. The number of carboxylic acids is 1. The average Bonchev–Trinajstić information content (AvgIpc) is 3.09. The number of hydrogen-bond donors (Lipinski definition) is 2. The minimum absolute atomic E-state index is 0.148. The number of aromatic amines is 1. The van der Waals surface area contributed by atoms with E-state index in [9.17, 15) is 9.59 Å². The van der Waals surface area contributed by atoms with Crippen molar-refractivity contribution >= 4 is 17.0 Å². The molecule has 20 heavy (non-hydrogen) atoms. The molecular weight excluding hydrogens is 256 g/mol. The van der Waals surface area contributed by atoms with Crippen LogP contribution < -0.4 is 5.69 Å². The van der Waals surface area contributed by atoms with Crippen LogP contribution in [0.2, 0.25) is 0 Å². The Balaban J connectivity index is 2.01. The zero-order chi connectivity index (χ0) is 14.3. The van der Waals surface area contributed by atoms with Crippen LogP contribution in [0.4, 0.5) is 0 Å². The van der Waals surface area contributed by atoms with Crippen molar-refractivity contribution in [1.29, 1.82) is 0 Å². The van der Waals surface area contributed by atoms with Gasteiger partial charge in [-0.3, -0.25) is 4.57 Å². The van der Waals surface area contributed by atoms with Gasteiger partial charge in [-0.15, -0.1) is 0 Å². The lowest BCUT2D eigenvalue weighted by molar-refractivity contribution is 0.0697. The summed E-state index contributed by atoms with van der Waals surface area (Å²) in [4.78, 5) is 25.8. The van der Waals surface area contributed by atoms with Gasteiger partial charge in [-0.05, 0) is 42.9 Å². The molecule has 1 heterocycles. The lowest BCUT2D eigenvalue weighted by Crippen LogP contribution is -2.22. The summed E-state index contributed by atoms with van der Waals surface area (Å²) in [6.07, 6.45) is 4.61. The topological polar surface area (TPSA) is 75.1 Å². The van der Waals surface area contributed by atoms with E-state index in [1.54, 1.807) is 16.7 Å². The minimum atomic E-state index is -0.981. The quantitative estimate of drug-likeness (QED) is 0.880. The number of rotatable bonds is 5. The van der Waals surface area contributed by atoms with Crippen molar-refractivity contribution in [2.45, 2.75) is 39.2 Å². The lowest BCUT2D eigenvalue weighted by Gasteiger charge is -2.14. The van der Waals surface area contributed by atoms with Crippen molar-refractivity contribution in [2.75, 3.05) is 0 Å². The highest BCUT2D eigenvalue weighted by Gasteiger charge is 2.42. The molecule has 5 nitrogen and oxygen atoms in total. The van der Waals surface area contributed by atoms with E-state index in [0.717, 1.165) is 24.9 Å². The molecule has 1 aliphatic carbocycles. The van der Waals surface area contributed by atoms with Gasteiger partial charge in [0, 0.05) is 6.54 Å². The highest BCUT2D eigenvalue weighted by atomic mass is 16.4. The largest absolute Gasteiger partial charge is 0.478 e. The molecule has 3 rings (SSSR count).